The van der Waals surface area contributed by atoms with E-state index in [-0.39, 0.29) is 37.7 Å². The number of halogens is 1. The summed E-state index contributed by atoms with van der Waals surface area (Å²) in [6.45, 7) is 4.17. The van der Waals surface area contributed by atoms with Crippen molar-refractivity contribution >= 4 is 23.8 Å². The number of hydrogen-bond donors (Lipinski definition) is 3. The Hall–Kier alpha value is -3.21. The Morgan fingerprint density at radius 3 is 2.42 bits per heavy atom. The predicted molar refractivity (Wildman–Crippen MR) is 132 cm³/mol. The highest BCUT2D eigenvalue weighted by molar-refractivity contribution is 5.90. The van der Waals surface area contributed by atoms with Crippen LogP contribution >= 0.6 is 0 Å². The Labute approximate surface area is 211 Å². The number of hydrazine groups is 1. The van der Waals surface area contributed by atoms with Gasteiger partial charge in [0.15, 0.2) is 0 Å². The van der Waals surface area contributed by atoms with Gasteiger partial charge in [-0.25, -0.2) is 19.2 Å². The fraction of sp³-hybridized carbons (Fsp3) is 0.600. The highest BCUT2D eigenvalue weighted by atomic mass is 19.1. The SMILES string of the molecule is CCCCCCCNC(=O)[C@H](CCC(=O)O)N1C(=O)CN(C)N(C(=O)NCc2ccc(F)cc2)C1C. The second-order valence-electron chi connectivity index (χ2n) is 9.03. The zero-order valence-electron chi connectivity index (χ0n) is 21.3. The molecule has 0 aliphatic carbocycles. The molecule has 0 bridgehead atoms. The van der Waals surface area contributed by atoms with Gasteiger partial charge in [0, 0.05) is 26.6 Å². The number of urea groups is 1. The van der Waals surface area contributed by atoms with E-state index in [0.29, 0.717) is 12.1 Å². The first kappa shape index (κ1) is 29.0. The van der Waals surface area contributed by atoms with E-state index in [1.807, 2.05) is 0 Å². The van der Waals surface area contributed by atoms with Gasteiger partial charge in [-0.15, -0.1) is 0 Å². The summed E-state index contributed by atoms with van der Waals surface area (Å²) >= 11 is 0. The molecule has 1 saturated heterocycles. The van der Waals surface area contributed by atoms with E-state index >= 15 is 0 Å². The number of carboxylic acids is 1. The molecular formula is C25H38FN5O5. The van der Waals surface area contributed by atoms with Gasteiger partial charge in [-0.05, 0) is 37.5 Å². The molecule has 1 aliphatic heterocycles. The number of nitrogens with zero attached hydrogens (tertiary/aromatic N) is 3. The Bertz CT molecular complexity index is 897. The lowest BCUT2D eigenvalue weighted by molar-refractivity contribution is -0.170. The lowest BCUT2D eigenvalue weighted by atomic mass is 10.1. The van der Waals surface area contributed by atoms with Crippen molar-refractivity contribution in [1.82, 2.24) is 25.6 Å². The van der Waals surface area contributed by atoms with Gasteiger partial charge < -0.3 is 20.6 Å². The summed E-state index contributed by atoms with van der Waals surface area (Å²) in [6.07, 6.45) is 3.88. The Kier molecular flexibility index (Phi) is 11.6. The van der Waals surface area contributed by atoms with Crippen LogP contribution in [0.2, 0.25) is 0 Å². The average molecular weight is 508 g/mol. The maximum Gasteiger partial charge on any atom is 0.334 e. The number of aliphatic carboxylic acids is 1. The molecule has 11 heteroatoms. The average Bonchev–Trinajstić information content (AvgIpc) is 2.82. The van der Waals surface area contributed by atoms with E-state index in [1.165, 1.54) is 27.1 Å². The molecule has 0 aromatic heterocycles. The molecule has 3 N–H and O–H groups in total. The maximum absolute atomic E-state index is 13.2. The zero-order valence-corrected chi connectivity index (χ0v) is 21.3. The van der Waals surface area contributed by atoms with Gasteiger partial charge in [0.2, 0.25) is 11.8 Å². The number of rotatable bonds is 13. The number of carboxylic acid groups (broad SMARTS) is 1. The van der Waals surface area contributed by atoms with E-state index in [2.05, 4.69) is 17.6 Å². The molecule has 0 radical (unpaired) electrons. The monoisotopic (exact) mass is 507 g/mol. The third-order valence-electron chi connectivity index (χ3n) is 6.19. The van der Waals surface area contributed by atoms with Crippen molar-refractivity contribution in [2.45, 2.75) is 77.5 Å². The summed E-state index contributed by atoms with van der Waals surface area (Å²) < 4.78 is 13.2. The molecule has 1 aliphatic rings. The molecule has 1 aromatic carbocycles. The van der Waals surface area contributed by atoms with Gasteiger partial charge in [-0.1, -0.05) is 44.7 Å². The minimum atomic E-state index is -1.07. The molecule has 2 rings (SSSR count). The van der Waals surface area contributed by atoms with Crippen molar-refractivity contribution in [1.29, 1.82) is 0 Å². The fourth-order valence-corrected chi connectivity index (χ4v) is 4.30. The van der Waals surface area contributed by atoms with Gasteiger partial charge in [0.25, 0.3) is 0 Å². The van der Waals surface area contributed by atoms with E-state index < -0.39 is 30.1 Å². The molecule has 1 unspecified atom stereocenters. The zero-order chi connectivity index (χ0) is 26.7. The lowest BCUT2D eigenvalue weighted by Crippen LogP contribution is -2.69. The van der Waals surface area contributed by atoms with E-state index in [1.54, 1.807) is 26.1 Å². The number of carbonyl (C=O) groups is 4. The lowest BCUT2D eigenvalue weighted by Gasteiger charge is -2.48. The highest BCUT2D eigenvalue weighted by Gasteiger charge is 2.43. The second kappa shape index (κ2) is 14.4. The van der Waals surface area contributed by atoms with Crippen molar-refractivity contribution in [3.05, 3.63) is 35.6 Å². The summed E-state index contributed by atoms with van der Waals surface area (Å²) in [5.41, 5.74) is 0.697. The summed E-state index contributed by atoms with van der Waals surface area (Å²) in [7, 11) is 1.59. The molecule has 0 saturated carbocycles. The minimum Gasteiger partial charge on any atom is -0.481 e. The van der Waals surface area contributed by atoms with Crippen LogP contribution in [0.25, 0.3) is 0 Å². The molecule has 200 valence electrons. The molecule has 4 amide bonds. The number of amides is 4. The molecule has 0 spiro atoms. The molecule has 2 atom stereocenters. The molecule has 1 aromatic rings. The van der Waals surface area contributed by atoms with E-state index in [4.69, 9.17) is 0 Å². The molecule has 36 heavy (non-hydrogen) atoms. The van der Waals surface area contributed by atoms with E-state index in [0.717, 1.165) is 32.1 Å². The van der Waals surface area contributed by atoms with Crippen molar-refractivity contribution in [3.8, 4) is 0 Å². The van der Waals surface area contributed by atoms with E-state index in [9.17, 15) is 28.7 Å². The van der Waals surface area contributed by atoms with Crippen LogP contribution in [0.5, 0.6) is 0 Å². The van der Waals surface area contributed by atoms with Gasteiger partial charge in [0.1, 0.15) is 18.0 Å². The van der Waals surface area contributed by atoms with Crippen molar-refractivity contribution < 1.29 is 28.7 Å². The molecular weight excluding hydrogens is 469 g/mol. The first-order valence-corrected chi connectivity index (χ1v) is 12.5. The summed E-state index contributed by atoms with van der Waals surface area (Å²) in [6, 6.07) is 4.19. The number of unbranched alkanes of at least 4 members (excludes halogenated alkanes) is 4. The van der Waals surface area contributed by atoms with Crippen LogP contribution in [0.1, 0.15) is 64.4 Å². The smallest absolute Gasteiger partial charge is 0.334 e. The topological polar surface area (TPSA) is 122 Å². The Balaban J connectivity index is 2.11. The molecule has 1 heterocycles. The molecule has 10 nitrogen and oxygen atoms in total. The number of likely N-dealkylation sites (N-methyl/N-ethyl adjacent to an activating group) is 1. The minimum absolute atomic E-state index is 0.0676. The predicted octanol–water partition coefficient (Wildman–Crippen LogP) is 2.69. The standard InChI is InChI=1S/C25H38FN5O5/c1-4-5-6-7-8-15-27-24(35)21(13-14-23(33)34)30-18(2)31(29(3)17-22(30)32)25(36)28-16-19-9-11-20(26)12-10-19/h9-12,18,21H,4-8,13-17H2,1-3H3,(H,27,35)(H,28,36)(H,33,34)/t18?,21-/m0/s1. The van der Waals surface area contributed by atoms with Crippen LogP contribution in [0.15, 0.2) is 24.3 Å². The second-order valence-corrected chi connectivity index (χ2v) is 9.03. The largest absolute Gasteiger partial charge is 0.481 e. The first-order valence-electron chi connectivity index (χ1n) is 12.5. The van der Waals surface area contributed by atoms with Crippen molar-refractivity contribution in [3.63, 3.8) is 0 Å². The quantitative estimate of drug-likeness (QED) is 0.353. The molecule has 1 fully saturated rings. The van der Waals surface area contributed by atoms with Gasteiger partial charge >= 0.3 is 12.0 Å². The number of benzene rings is 1. The third kappa shape index (κ3) is 8.47. The van der Waals surface area contributed by atoms with Crippen LogP contribution < -0.4 is 10.6 Å². The normalized spacial score (nSPS) is 17.1. The summed E-state index contributed by atoms with van der Waals surface area (Å²) in [5, 5.41) is 17.6. The number of hydrogen-bond acceptors (Lipinski definition) is 5. The van der Waals surface area contributed by atoms with Gasteiger partial charge in [-0.2, -0.15) is 0 Å². The number of nitrogens with one attached hydrogen (secondary N) is 2. The Morgan fingerprint density at radius 2 is 1.78 bits per heavy atom. The van der Waals surface area contributed by atoms with Crippen LogP contribution in [0, 0.1) is 5.82 Å². The van der Waals surface area contributed by atoms with Crippen molar-refractivity contribution in [2.75, 3.05) is 20.1 Å². The van der Waals surface area contributed by atoms with Crippen LogP contribution in [0.3, 0.4) is 0 Å². The summed E-state index contributed by atoms with van der Waals surface area (Å²) in [5.74, 6) is -2.25. The maximum atomic E-state index is 13.2. The summed E-state index contributed by atoms with van der Waals surface area (Å²) in [4.78, 5) is 51.7. The first-order chi connectivity index (χ1) is 17.1. The third-order valence-corrected chi connectivity index (χ3v) is 6.19. The highest BCUT2D eigenvalue weighted by Crippen LogP contribution is 2.22. The number of carbonyl (C=O) groups excluding carboxylic acids is 3. The van der Waals surface area contributed by atoms with Crippen LogP contribution in [0.4, 0.5) is 9.18 Å². The van der Waals surface area contributed by atoms with Gasteiger partial charge in [-0.3, -0.25) is 14.4 Å². The Morgan fingerprint density at radius 1 is 1.11 bits per heavy atom. The van der Waals surface area contributed by atoms with Crippen molar-refractivity contribution in [2.24, 2.45) is 0 Å². The fourth-order valence-electron chi connectivity index (χ4n) is 4.30. The van der Waals surface area contributed by atoms with Crippen LogP contribution in [-0.2, 0) is 20.9 Å². The van der Waals surface area contributed by atoms with Crippen LogP contribution in [-0.4, -0.2) is 76.2 Å². The van der Waals surface area contributed by atoms with Gasteiger partial charge in [0.05, 0.1) is 6.54 Å².